The summed E-state index contributed by atoms with van der Waals surface area (Å²) in [5, 5.41) is 11.7. The quantitative estimate of drug-likeness (QED) is 0.798. The number of hydrogen-bond donors (Lipinski definition) is 1. The van der Waals surface area contributed by atoms with E-state index in [9.17, 15) is 4.79 Å². The Morgan fingerprint density at radius 1 is 1.33 bits per heavy atom. The second-order valence-electron chi connectivity index (χ2n) is 5.72. The van der Waals surface area contributed by atoms with Crippen LogP contribution in [0.3, 0.4) is 0 Å². The summed E-state index contributed by atoms with van der Waals surface area (Å²) in [4.78, 5) is 11.8. The maximum atomic E-state index is 11.8. The first-order chi connectivity index (χ1) is 10.0. The normalized spacial score (nSPS) is 11.8. The van der Waals surface area contributed by atoms with Gasteiger partial charge in [-0.2, -0.15) is 5.26 Å². The van der Waals surface area contributed by atoms with Gasteiger partial charge in [-0.1, -0.05) is 32.8 Å². The minimum Gasteiger partial charge on any atom is -0.484 e. The first-order valence-electron chi connectivity index (χ1n) is 7.43. The topological polar surface area (TPSA) is 62.1 Å². The molecule has 0 spiro atoms. The van der Waals surface area contributed by atoms with Crippen LogP contribution in [0.2, 0.25) is 0 Å². The molecule has 0 aliphatic heterocycles. The number of ether oxygens (including phenoxy) is 1. The Morgan fingerprint density at radius 3 is 2.76 bits per heavy atom. The van der Waals surface area contributed by atoms with Crippen LogP contribution >= 0.6 is 0 Å². The van der Waals surface area contributed by atoms with E-state index in [0.29, 0.717) is 17.2 Å². The highest BCUT2D eigenvalue weighted by Gasteiger charge is 2.08. The number of nitrogens with one attached hydrogen (secondary N) is 1. The number of carbonyl (C=O) groups is 1. The summed E-state index contributed by atoms with van der Waals surface area (Å²) >= 11 is 0. The van der Waals surface area contributed by atoms with Crippen LogP contribution in [0.1, 0.15) is 45.6 Å². The van der Waals surface area contributed by atoms with Crippen molar-refractivity contribution in [1.29, 1.82) is 5.26 Å². The average molecular weight is 288 g/mol. The number of carbonyl (C=O) groups excluding carboxylic acids is 1. The van der Waals surface area contributed by atoms with E-state index in [1.165, 1.54) is 6.42 Å². The van der Waals surface area contributed by atoms with E-state index in [1.54, 1.807) is 24.3 Å². The van der Waals surface area contributed by atoms with Crippen molar-refractivity contribution in [3.05, 3.63) is 29.8 Å². The van der Waals surface area contributed by atoms with Crippen LogP contribution in [-0.2, 0) is 4.79 Å². The van der Waals surface area contributed by atoms with E-state index < -0.39 is 0 Å². The van der Waals surface area contributed by atoms with E-state index in [-0.39, 0.29) is 18.6 Å². The summed E-state index contributed by atoms with van der Waals surface area (Å²) < 4.78 is 5.39. The third-order valence-corrected chi connectivity index (χ3v) is 3.16. The van der Waals surface area contributed by atoms with Crippen LogP contribution < -0.4 is 10.1 Å². The molecule has 0 fully saturated rings. The minimum absolute atomic E-state index is 0.0244. The molecule has 1 N–H and O–H groups in total. The van der Waals surface area contributed by atoms with E-state index in [0.717, 1.165) is 12.8 Å². The van der Waals surface area contributed by atoms with E-state index in [1.807, 2.05) is 13.0 Å². The summed E-state index contributed by atoms with van der Waals surface area (Å²) in [5.74, 6) is 1.11. The molecule has 114 valence electrons. The molecule has 0 heterocycles. The predicted molar refractivity (Wildman–Crippen MR) is 82.9 cm³/mol. The van der Waals surface area contributed by atoms with E-state index >= 15 is 0 Å². The second kappa shape index (κ2) is 9.02. The van der Waals surface area contributed by atoms with Gasteiger partial charge in [-0.25, -0.2) is 0 Å². The SMILES string of the molecule is CC(C)CCC[C@H](C)NC(=O)COc1cccc(C#N)c1. The van der Waals surface area contributed by atoms with Crippen LogP contribution in [-0.4, -0.2) is 18.6 Å². The summed E-state index contributed by atoms with van der Waals surface area (Å²) in [5.41, 5.74) is 0.523. The molecule has 0 radical (unpaired) electrons. The molecule has 1 aromatic carbocycles. The fraction of sp³-hybridized carbons (Fsp3) is 0.529. The van der Waals surface area contributed by atoms with Crippen LogP contribution in [0.15, 0.2) is 24.3 Å². The molecule has 0 unspecified atom stereocenters. The van der Waals surface area contributed by atoms with Gasteiger partial charge in [-0.3, -0.25) is 4.79 Å². The maximum Gasteiger partial charge on any atom is 0.258 e. The molecule has 1 amide bonds. The first kappa shape index (κ1) is 17.0. The Kier molecular flexibility index (Phi) is 7.31. The molecule has 1 rings (SSSR count). The zero-order chi connectivity index (χ0) is 15.7. The molecule has 0 aromatic heterocycles. The van der Waals surface area contributed by atoms with Gasteiger partial charge in [0.2, 0.25) is 0 Å². The van der Waals surface area contributed by atoms with Crippen LogP contribution in [0.5, 0.6) is 5.75 Å². The molecule has 0 bridgehead atoms. The number of rotatable bonds is 8. The summed E-state index contributed by atoms with van der Waals surface area (Å²) in [6.07, 6.45) is 3.27. The van der Waals surface area contributed by atoms with Gasteiger partial charge in [0.1, 0.15) is 5.75 Å². The number of nitriles is 1. The van der Waals surface area contributed by atoms with Crippen molar-refractivity contribution in [1.82, 2.24) is 5.32 Å². The van der Waals surface area contributed by atoms with Gasteiger partial charge >= 0.3 is 0 Å². The number of hydrogen-bond acceptors (Lipinski definition) is 3. The smallest absolute Gasteiger partial charge is 0.258 e. The largest absolute Gasteiger partial charge is 0.484 e. The molecule has 21 heavy (non-hydrogen) atoms. The minimum atomic E-state index is -0.130. The van der Waals surface area contributed by atoms with Gasteiger partial charge in [0.25, 0.3) is 5.91 Å². The molecule has 1 atom stereocenters. The molecular formula is C17H24N2O2. The third-order valence-electron chi connectivity index (χ3n) is 3.16. The lowest BCUT2D eigenvalue weighted by atomic mass is 10.0. The Balaban J connectivity index is 2.28. The summed E-state index contributed by atoms with van der Waals surface area (Å²) in [6, 6.07) is 8.99. The van der Waals surface area contributed by atoms with Crippen LogP contribution in [0, 0.1) is 17.2 Å². The zero-order valence-corrected chi connectivity index (χ0v) is 13.1. The van der Waals surface area contributed by atoms with Gasteiger partial charge in [-0.05, 0) is 37.5 Å². The monoisotopic (exact) mass is 288 g/mol. The molecule has 4 nitrogen and oxygen atoms in total. The van der Waals surface area contributed by atoms with Crippen LogP contribution in [0.25, 0.3) is 0 Å². The van der Waals surface area contributed by atoms with Crippen molar-refractivity contribution in [3.8, 4) is 11.8 Å². The fourth-order valence-corrected chi connectivity index (χ4v) is 2.03. The summed E-state index contributed by atoms with van der Waals surface area (Å²) in [6.45, 7) is 6.39. The van der Waals surface area contributed by atoms with Crippen molar-refractivity contribution < 1.29 is 9.53 Å². The molecule has 0 saturated carbocycles. The van der Waals surface area contributed by atoms with Crippen molar-refractivity contribution in [2.45, 2.75) is 46.1 Å². The Morgan fingerprint density at radius 2 is 2.10 bits per heavy atom. The van der Waals surface area contributed by atoms with Crippen molar-refractivity contribution in [2.75, 3.05) is 6.61 Å². The lowest BCUT2D eigenvalue weighted by Crippen LogP contribution is -2.36. The molecule has 0 aliphatic carbocycles. The highest BCUT2D eigenvalue weighted by atomic mass is 16.5. The van der Waals surface area contributed by atoms with Gasteiger partial charge < -0.3 is 10.1 Å². The summed E-state index contributed by atoms with van der Waals surface area (Å²) in [7, 11) is 0. The third kappa shape index (κ3) is 7.36. The van der Waals surface area contributed by atoms with E-state index in [2.05, 4.69) is 19.2 Å². The number of nitrogens with zero attached hydrogens (tertiary/aromatic N) is 1. The molecular weight excluding hydrogens is 264 g/mol. The maximum absolute atomic E-state index is 11.8. The average Bonchev–Trinajstić information content (AvgIpc) is 2.45. The van der Waals surface area contributed by atoms with Crippen molar-refractivity contribution in [3.63, 3.8) is 0 Å². The van der Waals surface area contributed by atoms with Crippen molar-refractivity contribution in [2.24, 2.45) is 5.92 Å². The highest BCUT2D eigenvalue weighted by molar-refractivity contribution is 5.77. The van der Waals surface area contributed by atoms with Gasteiger partial charge in [0.05, 0.1) is 11.6 Å². The van der Waals surface area contributed by atoms with E-state index in [4.69, 9.17) is 10.00 Å². The highest BCUT2D eigenvalue weighted by Crippen LogP contribution is 2.12. The Hall–Kier alpha value is -2.02. The fourth-order valence-electron chi connectivity index (χ4n) is 2.03. The van der Waals surface area contributed by atoms with Gasteiger partial charge in [0.15, 0.2) is 6.61 Å². The molecule has 4 heteroatoms. The predicted octanol–water partition coefficient (Wildman–Crippen LogP) is 3.27. The molecule has 0 saturated heterocycles. The van der Waals surface area contributed by atoms with Crippen molar-refractivity contribution >= 4 is 5.91 Å². The lowest BCUT2D eigenvalue weighted by molar-refractivity contribution is -0.123. The van der Waals surface area contributed by atoms with Gasteiger partial charge in [0, 0.05) is 6.04 Å². The zero-order valence-electron chi connectivity index (χ0n) is 13.1. The van der Waals surface area contributed by atoms with Crippen LogP contribution in [0.4, 0.5) is 0 Å². The Labute approximate surface area is 127 Å². The second-order valence-corrected chi connectivity index (χ2v) is 5.72. The molecule has 1 aromatic rings. The first-order valence-corrected chi connectivity index (χ1v) is 7.43. The Bertz CT molecular complexity index is 492. The van der Waals surface area contributed by atoms with Gasteiger partial charge in [-0.15, -0.1) is 0 Å². The number of benzene rings is 1. The lowest BCUT2D eigenvalue weighted by Gasteiger charge is -2.15. The standard InChI is InChI=1S/C17H24N2O2/c1-13(2)6-4-7-14(3)19-17(20)12-21-16-9-5-8-15(10-16)11-18/h5,8-10,13-14H,4,6-7,12H2,1-3H3,(H,19,20)/t14-/m0/s1. The number of amides is 1. The molecule has 0 aliphatic rings.